The lowest BCUT2D eigenvalue weighted by atomic mass is 10.1. The fraction of sp³-hybridized carbons (Fsp3) is 0.312. The van der Waals surface area contributed by atoms with Gasteiger partial charge in [-0.2, -0.15) is 0 Å². The summed E-state index contributed by atoms with van der Waals surface area (Å²) in [5.41, 5.74) is 2.85. The van der Waals surface area contributed by atoms with Gasteiger partial charge in [-0.3, -0.25) is 4.99 Å². The van der Waals surface area contributed by atoms with E-state index in [2.05, 4.69) is 44.2 Å². The highest BCUT2D eigenvalue weighted by molar-refractivity contribution is 5.83. The van der Waals surface area contributed by atoms with Crippen LogP contribution >= 0.6 is 0 Å². The average molecular weight is 225 g/mol. The van der Waals surface area contributed by atoms with Gasteiger partial charge in [-0.25, -0.2) is 0 Å². The van der Waals surface area contributed by atoms with Crippen LogP contribution in [0.3, 0.4) is 0 Å². The van der Waals surface area contributed by atoms with E-state index in [0.29, 0.717) is 0 Å². The molecule has 0 saturated heterocycles. The largest absolute Gasteiger partial charge is 0.287 e. The third-order valence-electron chi connectivity index (χ3n) is 1.96. The van der Waals surface area contributed by atoms with E-state index in [1.807, 2.05) is 37.4 Å². The van der Waals surface area contributed by atoms with Crippen LogP contribution in [0.4, 0.5) is 0 Å². The van der Waals surface area contributed by atoms with Crippen LogP contribution in [-0.2, 0) is 0 Å². The number of nitrogens with zero attached hydrogens (tertiary/aromatic N) is 1. The first-order chi connectivity index (χ1) is 7.88. The molecule has 0 spiro atoms. The van der Waals surface area contributed by atoms with Gasteiger partial charge in [0.1, 0.15) is 0 Å². The van der Waals surface area contributed by atoms with Gasteiger partial charge in [-0.1, -0.05) is 36.6 Å². The van der Waals surface area contributed by atoms with Gasteiger partial charge < -0.3 is 0 Å². The molecular formula is C16H19N. The third-order valence-corrected chi connectivity index (χ3v) is 1.96. The molecular weight excluding hydrogens is 206 g/mol. The Labute approximate surface area is 104 Å². The Balaban J connectivity index is 3.06. The number of allylic oxidation sites excluding steroid dienone is 1. The Morgan fingerprint density at radius 2 is 1.94 bits per heavy atom. The second kappa shape index (κ2) is 5.50. The molecule has 1 nitrogen and oxygen atoms in total. The predicted molar refractivity (Wildman–Crippen MR) is 75.5 cm³/mol. The normalized spacial score (nSPS) is 11.1. The molecule has 1 aromatic carbocycles. The first-order valence-electron chi connectivity index (χ1n) is 5.70. The quantitative estimate of drug-likeness (QED) is 0.509. The van der Waals surface area contributed by atoms with E-state index in [-0.39, 0.29) is 5.54 Å². The Morgan fingerprint density at radius 1 is 1.29 bits per heavy atom. The van der Waals surface area contributed by atoms with Gasteiger partial charge in [0.25, 0.3) is 0 Å². The molecule has 0 aliphatic carbocycles. The number of aliphatic imine (C=N–C) groups is 1. The molecule has 1 aromatic rings. The van der Waals surface area contributed by atoms with Crippen molar-refractivity contribution < 1.29 is 0 Å². The lowest BCUT2D eigenvalue weighted by molar-refractivity contribution is 0.586. The molecule has 0 saturated carbocycles. The van der Waals surface area contributed by atoms with Crippen molar-refractivity contribution in [2.24, 2.45) is 4.99 Å². The van der Waals surface area contributed by atoms with Crippen molar-refractivity contribution in [2.75, 3.05) is 0 Å². The van der Waals surface area contributed by atoms with E-state index in [1.165, 1.54) is 0 Å². The summed E-state index contributed by atoms with van der Waals surface area (Å²) in [6.45, 7) is 11.9. The smallest absolute Gasteiger partial charge is 0.0524 e. The number of rotatable bonds is 1. The highest BCUT2D eigenvalue weighted by atomic mass is 14.8. The minimum atomic E-state index is -0.0606. The Morgan fingerprint density at radius 3 is 2.53 bits per heavy atom. The zero-order valence-corrected chi connectivity index (χ0v) is 11.0. The summed E-state index contributed by atoms with van der Waals surface area (Å²) in [6, 6.07) is 8.00. The van der Waals surface area contributed by atoms with Gasteiger partial charge in [0.05, 0.1) is 5.54 Å². The number of hydrogen-bond donors (Lipinski definition) is 0. The van der Waals surface area contributed by atoms with E-state index < -0.39 is 0 Å². The highest BCUT2D eigenvalue weighted by Crippen LogP contribution is 2.09. The van der Waals surface area contributed by atoms with E-state index in [9.17, 15) is 0 Å². The monoisotopic (exact) mass is 225 g/mol. The lowest BCUT2D eigenvalue weighted by Gasteiger charge is -2.11. The summed E-state index contributed by atoms with van der Waals surface area (Å²) in [5, 5.41) is 0. The maximum atomic E-state index is 4.50. The van der Waals surface area contributed by atoms with Crippen LogP contribution in [0, 0.1) is 11.8 Å². The molecule has 0 aliphatic rings. The van der Waals surface area contributed by atoms with Crippen LogP contribution in [0.1, 0.15) is 38.8 Å². The molecule has 17 heavy (non-hydrogen) atoms. The third kappa shape index (κ3) is 5.17. The van der Waals surface area contributed by atoms with E-state index in [4.69, 9.17) is 0 Å². The van der Waals surface area contributed by atoms with Crippen molar-refractivity contribution in [2.45, 2.75) is 33.2 Å². The summed E-state index contributed by atoms with van der Waals surface area (Å²) in [7, 11) is 0. The van der Waals surface area contributed by atoms with Crippen molar-refractivity contribution in [1.29, 1.82) is 0 Å². The van der Waals surface area contributed by atoms with Crippen molar-refractivity contribution >= 4 is 6.21 Å². The Kier molecular flexibility index (Phi) is 4.29. The van der Waals surface area contributed by atoms with Crippen molar-refractivity contribution in [3.05, 3.63) is 47.5 Å². The number of benzene rings is 1. The molecule has 0 radical (unpaired) electrons. The van der Waals surface area contributed by atoms with Crippen LogP contribution in [0.15, 0.2) is 41.4 Å². The maximum Gasteiger partial charge on any atom is 0.0524 e. The summed E-state index contributed by atoms with van der Waals surface area (Å²) in [5.74, 6) is 6.10. The fourth-order valence-electron chi connectivity index (χ4n) is 1.16. The molecule has 0 atom stereocenters. The zero-order chi connectivity index (χ0) is 12.9. The maximum absolute atomic E-state index is 4.50. The summed E-state index contributed by atoms with van der Waals surface area (Å²) in [6.07, 6.45) is 1.89. The minimum absolute atomic E-state index is 0.0606. The fourth-order valence-corrected chi connectivity index (χ4v) is 1.16. The van der Waals surface area contributed by atoms with Crippen molar-refractivity contribution in [1.82, 2.24) is 0 Å². The first-order valence-corrected chi connectivity index (χ1v) is 5.70. The zero-order valence-electron chi connectivity index (χ0n) is 11.0. The van der Waals surface area contributed by atoms with Crippen molar-refractivity contribution in [3.8, 4) is 11.8 Å². The average Bonchev–Trinajstić information content (AvgIpc) is 2.23. The first kappa shape index (κ1) is 13.3. The molecule has 0 aliphatic heterocycles. The lowest BCUT2D eigenvalue weighted by Crippen LogP contribution is -2.09. The highest BCUT2D eigenvalue weighted by Gasteiger charge is 2.05. The van der Waals surface area contributed by atoms with Crippen molar-refractivity contribution in [3.63, 3.8) is 0 Å². The van der Waals surface area contributed by atoms with E-state index in [0.717, 1.165) is 16.7 Å². The molecule has 0 aromatic heterocycles. The molecule has 1 heteroatoms. The van der Waals surface area contributed by atoms with Gasteiger partial charge in [-0.05, 0) is 39.3 Å². The Bertz CT molecular complexity index is 490. The molecule has 0 fully saturated rings. The van der Waals surface area contributed by atoms with E-state index >= 15 is 0 Å². The Hall–Kier alpha value is -1.81. The van der Waals surface area contributed by atoms with E-state index in [1.54, 1.807) is 0 Å². The predicted octanol–water partition coefficient (Wildman–Crippen LogP) is 3.83. The van der Waals surface area contributed by atoms with Gasteiger partial charge in [0, 0.05) is 17.3 Å². The summed E-state index contributed by atoms with van der Waals surface area (Å²) >= 11 is 0. The molecule has 0 N–H and O–H groups in total. The summed E-state index contributed by atoms with van der Waals surface area (Å²) < 4.78 is 0. The SMILES string of the molecule is C=C(C)C#Cc1ccccc1C=NC(C)(C)C. The molecule has 0 bridgehead atoms. The van der Waals surface area contributed by atoms with Crippen LogP contribution in [0.25, 0.3) is 0 Å². The molecule has 0 heterocycles. The summed E-state index contributed by atoms with van der Waals surface area (Å²) in [4.78, 5) is 4.50. The standard InChI is InChI=1S/C16H19N/c1-13(2)10-11-14-8-6-7-9-15(14)12-17-16(3,4)5/h6-9,12H,1H2,2-5H3. The van der Waals surface area contributed by atoms with Crippen LogP contribution < -0.4 is 0 Å². The van der Waals surface area contributed by atoms with Gasteiger partial charge in [0.15, 0.2) is 0 Å². The van der Waals surface area contributed by atoms with Gasteiger partial charge in [0.2, 0.25) is 0 Å². The topological polar surface area (TPSA) is 12.4 Å². The van der Waals surface area contributed by atoms with Gasteiger partial charge >= 0.3 is 0 Å². The van der Waals surface area contributed by atoms with Crippen LogP contribution in [0.2, 0.25) is 0 Å². The minimum Gasteiger partial charge on any atom is -0.287 e. The molecule has 1 rings (SSSR count). The van der Waals surface area contributed by atoms with Gasteiger partial charge in [-0.15, -0.1) is 0 Å². The number of hydrogen-bond acceptors (Lipinski definition) is 1. The second-order valence-electron chi connectivity index (χ2n) is 5.05. The van der Waals surface area contributed by atoms with Crippen LogP contribution in [0.5, 0.6) is 0 Å². The second-order valence-corrected chi connectivity index (χ2v) is 5.05. The van der Waals surface area contributed by atoms with Crippen LogP contribution in [-0.4, -0.2) is 11.8 Å². The molecule has 0 amide bonds. The molecule has 88 valence electrons. The molecule has 0 unspecified atom stereocenters.